The van der Waals surface area contributed by atoms with Gasteiger partial charge in [0.2, 0.25) is 0 Å². The maximum atomic E-state index is 12.6. The summed E-state index contributed by atoms with van der Waals surface area (Å²) in [6, 6.07) is 6.51. The first-order valence-electron chi connectivity index (χ1n) is 4.95. The maximum Gasteiger partial charge on any atom is 0.434 e. The topological polar surface area (TPSA) is 42.0 Å². The van der Waals surface area contributed by atoms with Gasteiger partial charge in [-0.2, -0.15) is 13.2 Å². The highest BCUT2D eigenvalue weighted by Crippen LogP contribution is 2.33. The summed E-state index contributed by atoms with van der Waals surface area (Å²) in [4.78, 5) is 14.5. The molecule has 0 spiro atoms. The van der Waals surface area contributed by atoms with Gasteiger partial charge in [-0.3, -0.25) is 4.79 Å². The summed E-state index contributed by atoms with van der Waals surface area (Å²) in [5.41, 5.74) is 0.251. The van der Waals surface area contributed by atoms with Crippen molar-refractivity contribution in [3.05, 3.63) is 44.8 Å². The highest BCUT2D eigenvalue weighted by Gasteiger charge is 2.38. The van der Waals surface area contributed by atoms with Crippen molar-refractivity contribution in [3.63, 3.8) is 0 Å². The van der Waals surface area contributed by atoms with E-state index in [9.17, 15) is 18.0 Å². The zero-order valence-corrected chi connectivity index (χ0v) is 11.6. The van der Waals surface area contributed by atoms with Gasteiger partial charge in [-0.05, 0) is 24.3 Å². The van der Waals surface area contributed by atoms with Gasteiger partial charge in [0.1, 0.15) is 4.88 Å². The summed E-state index contributed by atoms with van der Waals surface area (Å²) in [6.45, 7) is 0. The van der Waals surface area contributed by atoms with E-state index in [0.717, 1.165) is 9.98 Å². The first-order valence-corrected chi connectivity index (χ1v) is 6.63. The van der Waals surface area contributed by atoms with Crippen molar-refractivity contribution in [2.75, 3.05) is 5.32 Å². The highest BCUT2D eigenvalue weighted by molar-refractivity contribution is 9.10. The lowest BCUT2D eigenvalue weighted by Crippen LogP contribution is -2.17. The van der Waals surface area contributed by atoms with Crippen molar-refractivity contribution in [1.82, 2.24) is 4.98 Å². The van der Waals surface area contributed by atoms with E-state index < -0.39 is 22.7 Å². The molecule has 1 aromatic heterocycles. The number of benzene rings is 1. The summed E-state index contributed by atoms with van der Waals surface area (Å²) < 4.78 is 38.6. The van der Waals surface area contributed by atoms with Crippen molar-refractivity contribution < 1.29 is 18.0 Å². The number of nitrogens with one attached hydrogen (secondary N) is 1. The third kappa shape index (κ3) is 3.32. The normalized spacial score (nSPS) is 11.4. The molecule has 0 bridgehead atoms. The largest absolute Gasteiger partial charge is 0.434 e. The standard InChI is InChI=1S/C11H6BrF3N2OS/c12-6-1-3-7(4-2-6)17-10(18)8-9(11(13,14)15)16-5-19-8/h1-5H,(H,17,18). The zero-order valence-electron chi connectivity index (χ0n) is 9.16. The van der Waals surface area contributed by atoms with Crippen LogP contribution >= 0.6 is 27.3 Å². The van der Waals surface area contributed by atoms with Crippen LogP contribution in [0.5, 0.6) is 0 Å². The molecule has 8 heteroatoms. The van der Waals surface area contributed by atoms with Crippen LogP contribution in [0.3, 0.4) is 0 Å². The first-order chi connectivity index (χ1) is 8.88. The SMILES string of the molecule is O=C(Nc1ccc(Br)cc1)c1scnc1C(F)(F)F. The Bertz CT molecular complexity index is 595. The summed E-state index contributed by atoms with van der Waals surface area (Å²) in [5, 5.41) is 2.39. The molecular weight excluding hydrogens is 345 g/mol. The van der Waals surface area contributed by atoms with E-state index in [1.165, 1.54) is 0 Å². The van der Waals surface area contributed by atoms with E-state index in [1.807, 2.05) is 0 Å². The van der Waals surface area contributed by atoms with Gasteiger partial charge in [-0.1, -0.05) is 15.9 Å². The van der Waals surface area contributed by atoms with E-state index in [0.29, 0.717) is 17.0 Å². The molecule has 0 aliphatic heterocycles. The van der Waals surface area contributed by atoms with Crippen molar-refractivity contribution >= 4 is 38.9 Å². The van der Waals surface area contributed by atoms with Crippen LogP contribution in [-0.4, -0.2) is 10.9 Å². The maximum absolute atomic E-state index is 12.6. The van der Waals surface area contributed by atoms with Crippen LogP contribution in [0, 0.1) is 0 Å². The Morgan fingerprint density at radius 2 is 1.89 bits per heavy atom. The molecule has 19 heavy (non-hydrogen) atoms. The van der Waals surface area contributed by atoms with Gasteiger partial charge in [0.05, 0.1) is 5.51 Å². The Hall–Kier alpha value is -1.41. The minimum Gasteiger partial charge on any atom is -0.321 e. The molecule has 0 aliphatic carbocycles. The first kappa shape index (κ1) is 14.0. The molecule has 0 fully saturated rings. The molecule has 0 unspecified atom stereocenters. The lowest BCUT2D eigenvalue weighted by atomic mass is 10.3. The molecule has 1 aromatic carbocycles. The molecule has 1 amide bonds. The Morgan fingerprint density at radius 1 is 1.26 bits per heavy atom. The average molecular weight is 351 g/mol. The second-order valence-electron chi connectivity index (χ2n) is 3.49. The number of thiazole rings is 1. The van der Waals surface area contributed by atoms with E-state index in [4.69, 9.17) is 0 Å². The van der Waals surface area contributed by atoms with Gasteiger partial charge in [0.25, 0.3) is 5.91 Å². The van der Waals surface area contributed by atoms with Crippen LogP contribution in [0.2, 0.25) is 0 Å². The molecular formula is C11H6BrF3N2OS. The number of hydrogen-bond acceptors (Lipinski definition) is 3. The Balaban J connectivity index is 2.21. The highest BCUT2D eigenvalue weighted by atomic mass is 79.9. The van der Waals surface area contributed by atoms with Crippen LogP contribution in [0.15, 0.2) is 34.2 Å². The van der Waals surface area contributed by atoms with Crippen molar-refractivity contribution in [2.45, 2.75) is 6.18 Å². The minimum atomic E-state index is -4.63. The molecule has 0 saturated carbocycles. The van der Waals surface area contributed by atoms with Gasteiger partial charge < -0.3 is 5.32 Å². The fourth-order valence-corrected chi connectivity index (χ4v) is 2.30. The fourth-order valence-electron chi connectivity index (χ4n) is 1.33. The minimum absolute atomic E-state index is 0.412. The van der Waals surface area contributed by atoms with Crippen molar-refractivity contribution in [1.29, 1.82) is 0 Å². The van der Waals surface area contributed by atoms with E-state index in [-0.39, 0.29) is 0 Å². The number of amides is 1. The third-order valence-corrected chi connectivity index (χ3v) is 3.50. The predicted molar refractivity (Wildman–Crippen MR) is 69.2 cm³/mol. The van der Waals surface area contributed by atoms with Gasteiger partial charge >= 0.3 is 6.18 Å². The molecule has 2 aromatic rings. The van der Waals surface area contributed by atoms with Crippen LogP contribution in [0.4, 0.5) is 18.9 Å². The Labute approximate surface area is 118 Å². The number of carbonyl (C=O) groups is 1. The Kier molecular flexibility index (Phi) is 3.91. The van der Waals surface area contributed by atoms with Gasteiger partial charge in [0, 0.05) is 10.2 Å². The summed E-state index contributed by atoms with van der Waals surface area (Å²) in [5.74, 6) is -0.822. The number of carbonyl (C=O) groups excluding carboxylic acids is 1. The molecule has 1 N–H and O–H groups in total. The third-order valence-electron chi connectivity index (χ3n) is 2.14. The lowest BCUT2D eigenvalue weighted by Gasteiger charge is -2.07. The predicted octanol–water partition coefficient (Wildman–Crippen LogP) is 4.18. The summed E-state index contributed by atoms with van der Waals surface area (Å²) >= 11 is 3.87. The number of anilines is 1. The lowest BCUT2D eigenvalue weighted by molar-refractivity contribution is -0.141. The zero-order chi connectivity index (χ0) is 14.0. The number of alkyl halides is 3. The smallest absolute Gasteiger partial charge is 0.321 e. The second-order valence-corrected chi connectivity index (χ2v) is 5.26. The van der Waals surface area contributed by atoms with Crippen LogP contribution < -0.4 is 5.32 Å². The number of hydrogen-bond donors (Lipinski definition) is 1. The van der Waals surface area contributed by atoms with Gasteiger partial charge in [-0.25, -0.2) is 4.98 Å². The molecule has 0 radical (unpaired) electrons. The van der Waals surface area contributed by atoms with Gasteiger partial charge in [-0.15, -0.1) is 11.3 Å². The molecule has 3 nitrogen and oxygen atoms in total. The molecule has 0 aliphatic rings. The van der Waals surface area contributed by atoms with Crippen LogP contribution in [0.25, 0.3) is 0 Å². The Morgan fingerprint density at radius 3 is 2.47 bits per heavy atom. The van der Waals surface area contributed by atoms with Crippen LogP contribution in [-0.2, 0) is 6.18 Å². The summed E-state index contributed by atoms with van der Waals surface area (Å²) in [7, 11) is 0. The number of halogens is 4. The van der Waals surface area contributed by atoms with Crippen molar-refractivity contribution in [3.8, 4) is 0 Å². The molecule has 100 valence electrons. The fraction of sp³-hybridized carbons (Fsp3) is 0.0909. The summed E-state index contributed by atoms with van der Waals surface area (Å²) in [6.07, 6.45) is -4.63. The average Bonchev–Trinajstić information content (AvgIpc) is 2.81. The van der Waals surface area contributed by atoms with E-state index >= 15 is 0 Å². The molecule has 0 atom stereocenters. The number of nitrogens with zero attached hydrogens (tertiary/aromatic N) is 1. The molecule has 1 heterocycles. The quantitative estimate of drug-likeness (QED) is 0.882. The van der Waals surface area contributed by atoms with E-state index in [1.54, 1.807) is 24.3 Å². The second kappa shape index (κ2) is 5.30. The van der Waals surface area contributed by atoms with Crippen molar-refractivity contribution in [2.24, 2.45) is 0 Å². The van der Waals surface area contributed by atoms with Gasteiger partial charge in [0.15, 0.2) is 5.69 Å². The molecule has 2 rings (SSSR count). The number of rotatable bonds is 2. The van der Waals surface area contributed by atoms with Crippen LogP contribution in [0.1, 0.15) is 15.4 Å². The monoisotopic (exact) mass is 350 g/mol. The molecule has 0 saturated heterocycles. The van der Waals surface area contributed by atoms with E-state index in [2.05, 4.69) is 26.2 Å². The number of aromatic nitrogens is 1.